The summed E-state index contributed by atoms with van der Waals surface area (Å²) < 4.78 is 21.3. The second-order valence-electron chi connectivity index (χ2n) is 4.51. The number of ether oxygens (including phenoxy) is 3. The second-order valence-corrected chi connectivity index (χ2v) is 4.51. The monoisotopic (exact) mass is 292 g/mol. The highest BCUT2D eigenvalue weighted by Crippen LogP contribution is 2.48. The van der Waals surface area contributed by atoms with Crippen molar-refractivity contribution < 1.29 is 33.3 Å². The summed E-state index contributed by atoms with van der Waals surface area (Å²) >= 11 is 0. The molecule has 1 aromatic carbocycles. The molecule has 0 amide bonds. The molecule has 1 atom stereocenters. The zero-order chi connectivity index (χ0) is 15.1. The van der Waals surface area contributed by atoms with Gasteiger partial charge in [-0.15, -0.1) is 0 Å². The Morgan fingerprint density at radius 1 is 1.33 bits per heavy atom. The molecular formula is C14H12O7. The molecule has 1 aliphatic heterocycles. The van der Waals surface area contributed by atoms with E-state index in [-0.39, 0.29) is 29.3 Å². The summed E-state index contributed by atoms with van der Waals surface area (Å²) in [7, 11) is 2.81. The van der Waals surface area contributed by atoms with Crippen molar-refractivity contribution in [3.8, 4) is 17.2 Å². The van der Waals surface area contributed by atoms with Crippen LogP contribution in [0.3, 0.4) is 0 Å². The maximum Gasteiger partial charge on any atom is 0.345 e. The Morgan fingerprint density at radius 3 is 2.67 bits per heavy atom. The molecule has 0 bridgehead atoms. The van der Waals surface area contributed by atoms with E-state index in [0.717, 1.165) is 0 Å². The van der Waals surface area contributed by atoms with Gasteiger partial charge in [0.1, 0.15) is 11.3 Å². The van der Waals surface area contributed by atoms with Crippen molar-refractivity contribution in [2.45, 2.75) is 12.5 Å². The molecule has 0 saturated heterocycles. The molecule has 0 saturated carbocycles. The van der Waals surface area contributed by atoms with Gasteiger partial charge in [0.2, 0.25) is 11.9 Å². The Balaban J connectivity index is 2.34. The van der Waals surface area contributed by atoms with Crippen LogP contribution in [0.1, 0.15) is 16.8 Å². The number of benzene rings is 1. The number of ketones is 1. The molecule has 0 spiro atoms. The normalized spacial score (nSPS) is 17.2. The standard InChI is InChI=1S/C14H12O7/c1-18-10-6-3-4-20-11(6)13(19-2)12-9(10)7(15)5-8(21-12)14(16)17/h3-4,8H,5H2,1-2H3,(H,16,17)/t8-/m0/s1. The molecule has 0 aliphatic carbocycles. The predicted octanol–water partition coefficient (Wildman–Crippen LogP) is 1.87. The average molecular weight is 292 g/mol. The zero-order valence-corrected chi connectivity index (χ0v) is 11.3. The summed E-state index contributed by atoms with van der Waals surface area (Å²) in [6.07, 6.45) is -0.0815. The third-order valence-corrected chi connectivity index (χ3v) is 3.37. The number of Topliss-reactive ketones (excluding diaryl/α,β-unsaturated/α-hetero) is 1. The SMILES string of the molecule is COc1c2c(c(OC)c3occc13)O[C@H](C(=O)O)CC2=O. The number of carbonyl (C=O) groups is 2. The number of fused-ring (bicyclic) bond motifs is 2. The minimum Gasteiger partial charge on any atom is -0.495 e. The molecule has 1 aliphatic rings. The smallest absolute Gasteiger partial charge is 0.345 e. The fraction of sp³-hybridized carbons (Fsp3) is 0.286. The minimum atomic E-state index is -1.25. The number of methoxy groups -OCH3 is 2. The molecule has 7 heteroatoms. The van der Waals surface area contributed by atoms with E-state index in [1.807, 2.05) is 0 Å². The van der Waals surface area contributed by atoms with Crippen LogP contribution >= 0.6 is 0 Å². The summed E-state index contributed by atoms with van der Waals surface area (Å²) in [4.78, 5) is 23.4. The molecule has 110 valence electrons. The first kappa shape index (κ1) is 13.3. The molecule has 0 radical (unpaired) electrons. The summed E-state index contributed by atoms with van der Waals surface area (Å²) in [5.74, 6) is -1.06. The van der Waals surface area contributed by atoms with Crippen molar-refractivity contribution in [1.29, 1.82) is 0 Å². The van der Waals surface area contributed by atoms with Gasteiger partial charge < -0.3 is 23.7 Å². The predicted molar refractivity (Wildman–Crippen MR) is 70.3 cm³/mol. The van der Waals surface area contributed by atoms with Crippen LogP contribution < -0.4 is 14.2 Å². The van der Waals surface area contributed by atoms with Crippen molar-refractivity contribution in [2.24, 2.45) is 0 Å². The first-order valence-electron chi connectivity index (χ1n) is 6.16. The molecule has 7 nitrogen and oxygen atoms in total. The van der Waals surface area contributed by atoms with Crippen LogP contribution in [0, 0.1) is 0 Å². The number of hydrogen-bond donors (Lipinski definition) is 1. The molecular weight excluding hydrogens is 280 g/mol. The van der Waals surface area contributed by atoms with Gasteiger partial charge in [-0.1, -0.05) is 0 Å². The summed E-state index contributed by atoms with van der Waals surface area (Å²) in [5, 5.41) is 9.64. The van der Waals surface area contributed by atoms with Gasteiger partial charge in [0.15, 0.2) is 17.1 Å². The largest absolute Gasteiger partial charge is 0.495 e. The number of aliphatic carboxylic acids is 1. The van der Waals surface area contributed by atoms with Gasteiger partial charge in [-0.25, -0.2) is 4.79 Å². The summed E-state index contributed by atoms with van der Waals surface area (Å²) in [6.45, 7) is 0. The number of furan rings is 1. The van der Waals surface area contributed by atoms with E-state index in [2.05, 4.69) is 0 Å². The number of carbonyl (C=O) groups excluding carboxylic acids is 1. The van der Waals surface area contributed by atoms with Crippen LogP contribution in [0.2, 0.25) is 0 Å². The van der Waals surface area contributed by atoms with Crippen LogP contribution in [-0.4, -0.2) is 37.2 Å². The third kappa shape index (κ3) is 1.81. The molecule has 2 aromatic rings. The third-order valence-electron chi connectivity index (χ3n) is 3.37. The van der Waals surface area contributed by atoms with Crippen LogP contribution in [0.4, 0.5) is 0 Å². The van der Waals surface area contributed by atoms with Crippen molar-refractivity contribution in [2.75, 3.05) is 14.2 Å². The molecule has 0 fully saturated rings. The van der Waals surface area contributed by atoms with Crippen molar-refractivity contribution in [3.63, 3.8) is 0 Å². The highest BCUT2D eigenvalue weighted by atomic mass is 16.5. The number of rotatable bonds is 3. The van der Waals surface area contributed by atoms with Crippen LogP contribution in [-0.2, 0) is 4.79 Å². The summed E-state index contributed by atoms with van der Waals surface area (Å²) in [6, 6.07) is 1.65. The lowest BCUT2D eigenvalue weighted by Crippen LogP contribution is -2.34. The lowest BCUT2D eigenvalue weighted by atomic mass is 9.97. The van der Waals surface area contributed by atoms with Crippen LogP contribution in [0.25, 0.3) is 11.0 Å². The van der Waals surface area contributed by atoms with E-state index >= 15 is 0 Å². The lowest BCUT2D eigenvalue weighted by Gasteiger charge is -2.25. The Hall–Kier alpha value is -2.70. The number of hydrogen-bond acceptors (Lipinski definition) is 6. The van der Waals surface area contributed by atoms with Crippen molar-refractivity contribution in [1.82, 2.24) is 0 Å². The zero-order valence-electron chi connectivity index (χ0n) is 11.3. The minimum absolute atomic E-state index is 0.0421. The molecule has 0 unspecified atom stereocenters. The summed E-state index contributed by atoms with van der Waals surface area (Å²) in [5.41, 5.74) is 0.521. The van der Waals surface area contributed by atoms with Gasteiger partial charge in [-0.05, 0) is 6.07 Å². The van der Waals surface area contributed by atoms with Gasteiger partial charge in [0.25, 0.3) is 0 Å². The first-order valence-corrected chi connectivity index (χ1v) is 6.16. The lowest BCUT2D eigenvalue weighted by molar-refractivity contribution is -0.145. The van der Waals surface area contributed by atoms with Gasteiger partial charge in [-0.3, -0.25) is 4.79 Å². The Labute approximate surface area is 119 Å². The van der Waals surface area contributed by atoms with E-state index in [9.17, 15) is 9.59 Å². The Kier molecular flexibility index (Phi) is 2.97. The highest BCUT2D eigenvalue weighted by molar-refractivity contribution is 6.11. The topological polar surface area (TPSA) is 95.2 Å². The van der Waals surface area contributed by atoms with Crippen molar-refractivity contribution in [3.05, 3.63) is 17.9 Å². The molecule has 3 rings (SSSR count). The van der Waals surface area contributed by atoms with E-state index in [0.29, 0.717) is 16.7 Å². The van der Waals surface area contributed by atoms with Crippen LogP contribution in [0.5, 0.6) is 17.2 Å². The fourth-order valence-corrected chi connectivity index (χ4v) is 2.47. The van der Waals surface area contributed by atoms with Crippen molar-refractivity contribution >= 4 is 22.7 Å². The van der Waals surface area contributed by atoms with E-state index < -0.39 is 12.1 Å². The number of carboxylic acid groups (broad SMARTS) is 1. The maximum atomic E-state index is 12.3. The molecule has 2 heterocycles. The molecule has 21 heavy (non-hydrogen) atoms. The van der Waals surface area contributed by atoms with E-state index in [1.165, 1.54) is 20.5 Å². The average Bonchev–Trinajstić information content (AvgIpc) is 2.93. The van der Waals surface area contributed by atoms with Crippen LogP contribution in [0.15, 0.2) is 16.7 Å². The second kappa shape index (κ2) is 4.69. The molecule has 1 N–H and O–H groups in total. The fourth-order valence-electron chi connectivity index (χ4n) is 2.47. The van der Waals surface area contributed by atoms with Gasteiger partial charge in [0, 0.05) is 0 Å². The Bertz CT molecular complexity index is 743. The van der Waals surface area contributed by atoms with E-state index in [4.69, 9.17) is 23.7 Å². The quantitative estimate of drug-likeness (QED) is 0.922. The van der Waals surface area contributed by atoms with Gasteiger partial charge >= 0.3 is 5.97 Å². The number of carboxylic acids is 1. The highest BCUT2D eigenvalue weighted by Gasteiger charge is 2.38. The first-order chi connectivity index (χ1) is 10.1. The molecule has 1 aromatic heterocycles. The maximum absolute atomic E-state index is 12.3. The van der Waals surface area contributed by atoms with E-state index in [1.54, 1.807) is 6.07 Å². The van der Waals surface area contributed by atoms with Gasteiger partial charge in [-0.2, -0.15) is 0 Å². The van der Waals surface area contributed by atoms with Gasteiger partial charge in [0.05, 0.1) is 32.3 Å². The Morgan fingerprint density at radius 2 is 2.05 bits per heavy atom.